The molecule has 2 aromatic rings. The first kappa shape index (κ1) is 16.9. The summed E-state index contributed by atoms with van der Waals surface area (Å²) in [6, 6.07) is 12.2. The van der Waals surface area contributed by atoms with E-state index in [4.69, 9.17) is 4.74 Å². The Labute approximate surface area is 144 Å². The van der Waals surface area contributed by atoms with Gasteiger partial charge < -0.3 is 14.2 Å². The number of morpholine rings is 1. The van der Waals surface area contributed by atoms with Gasteiger partial charge in [-0.05, 0) is 45.9 Å². The molecule has 1 aromatic heterocycles. The number of carbonyl (C=O) groups is 1. The van der Waals surface area contributed by atoms with Gasteiger partial charge in [-0.1, -0.05) is 18.2 Å². The number of quaternary nitrogens is 1. The highest BCUT2D eigenvalue weighted by atomic mass is 16.5. The maximum absolute atomic E-state index is 12.9. The molecule has 3 atom stereocenters. The summed E-state index contributed by atoms with van der Waals surface area (Å²) >= 11 is 0. The normalized spacial score (nSPS) is 24.1. The van der Waals surface area contributed by atoms with E-state index in [1.54, 1.807) is 0 Å². The molecule has 1 fully saturated rings. The van der Waals surface area contributed by atoms with Crippen LogP contribution < -0.4 is 4.90 Å². The summed E-state index contributed by atoms with van der Waals surface area (Å²) in [5.74, 6) is 0.224. The smallest absolute Gasteiger partial charge is 0.218 e. The number of ketones is 1. The van der Waals surface area contributed by atoms with E-state index in [1.807, 2.05) is 31.2 Å². The lowest BCUT2D eigenvalue weighted by Gasteiger charge is -2.31. The molecule has 1 aliphatic rings. The highest BCUT2D eigenvalue weighted by Crippen LogP contribution is 2.20. The number of aromatic nitrogens is 1. The van der Waals surface area contributed by atoms with E-state index >= 15 is 0 Å². The van der Waals surface area contributed by atoms with E-state index in [-0.39, 0.29) is 18.0 Å². The Kier molecular flexibility index (Phi) is 4.88. The fourth-order valence-electron chi connectivity index (χ4n) is 3.88. The molecule has 1 saturated heterocycles. The van der Waals surface area contributed by atoms with Crippen LogP contribution in [0, 0.1) is 13.8 Å². The highest BCUT2D eigenvalue weighted by Gasteiger charge is 2.28. The number of nitrogens with one attached hydrogen (secondary N) is 1. The Balaban J connectivity index is 1.81. The molecule has 2 heterocycles. The van der Waals surface area contributed by atoms with Crippen molar-refractivity contribution in [2.45, 2.75) is 39.9 Å². The van der Waals surface area contributed by atoms with E-state index in [9.17, 15) is 4.79 Å². The molecule has 0 radical (unpaired) electrons. The zero-order valence-corrected chi connectivity index (χ0v) is 15.0. The summed E-state index contributed by atoms with van der Waals surface area (Å²) < 4.78 is 7.93. The molecule has 1 aliphatic heterocycles. The highest BCUT2D eigenvalue weighted by molar-refractivity contribution is 5.98. The first-order chi connectivity index (χ1) is 11.5. The number of hydrogen-bond donors (Lipinski definition) is 1. The van der Waals surface area contributed by atoms with Crippen molar-refractivity contribution in [1.29, 1.82) is 0 Å². The number of ether oxygens (including phenoxy) is 1. The van der Waals surface area contributed by atoms with Crippen molar-refractivity contribution in [3.05, 3.63) is 53.3 Å². The monoisotopic (exact) mass is 327 g/mol. The van der Waals surface area contributed by atoms with Crippen molar-refractivity contribution in [1.82, 2.24) is 4.57 Å². The number of nitrogens with zero attached hydrogens (tertiary/aromatic N) is 1. The lowest BCUT2D eigenvalue weighted by atomic mass is 10.1. The fraction of sp³-hybridized carbons (Fsp3) is 0.450. The minimum absolute atomic E-state index is 0.216. The Bertz CT molecular complexity index is 711. The third kappa shape index (κ3) is 3.45. The van der Waals surface area contributed by atoms with Gasteiger partial charge in [-0.3, -0.25) is 4.79 Å². The van der Waals surface area contributed by atoms with Crippen molar-refractivity contribution < 1.29 is 14.4 Å². The van der Waals surface area contributed by atoms with E-state index in [2.05, 4.69) is 37.5 Å². The first-order valence-electron chi connectivity index (χ1n) is 8.72. The lowest BCUT2D eigenvalue weighted by Crippen LogP contribution is -3.16. The topological polar surface area (TPSA) is 35.7 Å². The van der Waals surface area contributed by atoms with Crippen molar-refractivity contribution in [2.24, 2.45) is 0 Å². The summed E-state index contributed by atoms with van der Waals surface area (Å²) in [7, 11) is 0. The number of benzene rings is 1. The maximum Gasteiger partial charge on any atom is 0.218 e. The second-order valence-electron chi connectivity index (χ2n) is 6.97. The van der Waals surface area contributed by atoms with Crippen molar-refractivity contribution in [2.75, 3.05) is 19.6 Å². The number of carbonyl (C=O) groups excluding carboxylic acids is 1. The number of rotatable bonds is 4. The van der Waals surface area contributed by atoms with Gasteiger partial charge in [-0.25, -0.2) is 0 Å². The second kappa shape index (κ2) is 6.91. The van der Waals surface area contributed by atoms with Crippen LogP contribution in [0.25, 0.3) is 5.69 Å². The number of para-hydroxylation sites is 1. The zero-order chi connectivity index (χ0) is 17.3. The molecule has 4 heteroatoms. The molecule has 0 amide bonds. The van der Waals surface area contributed by atoms with Gasteiger partial charge in [0.05, 0.1) is 0 Å². The summed E-state index contributed by atoms with van der Waals surface area (Å²) in [6.45, 7) is 10.6. The fourth-order valence-corrected chi connectivity index (χ4v) is 3.88. The summed E-state index contributed by atoms with van der Waals surface area (Å²) in [5, 5.41) is 0. The van der Waals surface area contributed by atoms with Gasteiger partial charge in [0.15, 0.2) is 0 Å². The van der Waals surface area contributed by atoms with Crippen molar-refractivity contribution in [3.8, 4) is 5.69 Å². The van der Waals surface area contributed by atoms with E-state index < -0.39 is 0 Å². The molecule has 1 N–H and O–H groups in total. The zero-order valence-electron chi connectivity index (χ0n) is 15.0. The van der Waals surface area contributed by atoms with Crippen LogP contribution in [0.3, 0.4) is 0 Å². The number of Topliss-reactive ketones (excluding diaryl/α,β-unsaturated/α-hetero) is 1. The van der Waals surface area contributed by atoms with Gasteiger partial charge in [-0.15, -0.1) is 0 Å². The van der Waals surface area contributed by atoms with Gasteiger partial charge in [0.25, 0.3) is 0 Å². The Hall–Kier alpha value is -1.91. The van der Waals surface area contributed by atoms with Gasteiger partial charge in [0, 0.05) is 22.6 Å². The van der Waals surface area contributed by atoms with Crippen LogP contribution in [0.2, 0.25) is 0 Å². The Morgan fingerprint density at radius 1 is 1.17 bits per heavy atom. The maximum atomic E-state index is 12.9. The van der Waals surface area contributed by atoms with Gasteiger partial charge in [0.2, 0.25) is 5.78 Å². The van der Waals surface area contributed by atoms with Crippen LogP contribution in [0.15, 0.2) is 36.4 Å². The first-order valence-corrected chi connectivity index (χ1v) is 8.72. The van der Waals surface area contributed by atoms with Crippen LogP contribution >= 0.6 is 0 Å². The molecular weight excluding hydrogens is 300 g/mol. The largest absolute Gasteiger partial charge is 0.364 e. The molecular formula is C20H27N2O2+. The third-order valence-corrected chi connectivity index (χ3v) is 4.77. The second-order valence-corrected chi connectivity index (χ2v) is 6.97. The van der Waals surface area contributed by atoms with Crippen LogP contribution in [-0.4, -0.2) is 42.2 Å². The lowest BCUT2D eigenvalue weighted by molar-refractivity contribution is -0.906. The average Bonchev–Trinajstić information content (AvgIpc) is 2.82. The molecule has 0 aliphatic carbocycles. The molecule has 1 unspecified atom stereocenters. The van der Waals surface area contributed by atoms with Crippen molar-refractivity contribution in [3.63, 3.8) is 0 Å². The summed E-state index contributed by atoms with van der Waals surface area (Å²) in [4.78, 5) is 14.2. The van der Waals surface area contributed by atoms with Crippen LogP contribution in [0.1, 0.15) is 35.6 Å². The van der Waals surface area contributed by atoms with Gasteiger partial charge >= 0.3 is 0 Å². The molecule has 24 heavy (non-hydrogen) atoms. The van der Waals surface area contributed by atoms with E-state index in [0.29, 0.717) is 6.54 Å². The third-order valence-electron chi connectivity index (χ3n) is 4.77. The van der Waals surface area contributed by atoms with Crippen LogP contribution in [-0.2, 0) is 4.74 Å². The van der Waals surface area contributed by atoms with E-state index in [0.717, 1.165) is 35.7 Å². The summed E-state index contributed by atoms with van der Waals surface area (Å²) in [5.41, 5.74) is 4.07. The average molecular weight is 327 g/mol. The van der Waals surface area contributed by atoms with E-state index in [1.165, 1.54) is 4.90 Å². The standard InChI is InChI=1S/C20H26N2O2/c1-14-10-19(17(4)22(14)18-8-6-5-7-9-18)20(23)13-21-11-15(2)24-16(3)12-21/h5-10,15-16H,11-13H2,1-4H3/p+1/t15-,16+. The molecule has 1 aromatic carbocycles. The Morgan fingerprint density at radius 3 is 2.42 bits per heavy atom. The van der Waals surface area contributed by atoms with Gasteiger partial charge in [0.1, 0.15) is 31.8 Å². The summed E-state index contributed by atoms with van der Waals surface area (Å²) in [6.07, 6.45) is 0.432. The molecule has 4 nitrogen and oxygen atoms in total. The quantitative estimate of drug-likeness (QED) is 0.872. The predicted molar refractivity (Wildman–Crippen MR) is 95.1 cm³/mol. The SMILES string of the molecule is Cc1cc(C(=O)C[NH+]2C[C@@H](C)O[C@@H](C)C2)c(C)n1-c1ccccc1. The minimum atomic E-state index is 0.216. The molecule has 0 bridgehead atoms. The molecule has 128 valence electrons. The molecule has 0 saturated carbocycles. The molecule has 0 spiro atoms. The number of aryl methyl sites for hydroxylation is 1. The van der Waals surface area contributed by atoms with Crippen molar-refractivity contribution >= 4 is 5.78 Å². The van der Waals surface area contributed by atoms with Gasteiger partial charge in [-0.2, -0.15) is 0 Å². The Morgan fingerprint density at radius 2 is 1.79 bits per heavy atom. The number of hydrogen-bond acceptors (Lipinski definition) is 2. The predicted octanol–water partition coefficient (Wildman–Crippen LogP) is 1.97. The van der Waals surface area contributed by atoms with Crippen LogP contribution in [0.5, 0.6) is 0 Å². The minimum Gasteiger partial charge on any atom is -0.364 e. The molecule has 3 rings (SSSR count). The van der Waals surface area contributed by atoms with Crippen LogP contribution in [0.4, 0.5) is 0 Å².